The minimum Gasteiger partial charge on any atom is -0.376 e. The fourth-order valence-corrected chi connectivity index (χ4v) is 1.63. The number of hydrogen-bond donors (Lipinski definition) is 0. The molecule has 16 heavy (non-hydrogen) atoms. The zero-order valence-electron chi connectivity index (χ0n) is 9.56. The van der Waals surface area contributed by atoms with Crippen LogP contribution in [0.25, 0.3) is 0 Å². The Morgan fingerprint density at radius 3 is 2.62 bits per heavy atom. The van der Waals surface area contributed by atoms with Gasteiger partial charge in [0.25, 0.3) is 0 Å². The standard InChI is InChI=1S/C12H16F3N/c1-4-9(2)7-10-8-16(3)6-5-11(10)12(13,14)15/h5-6H,2,4,7-8H2,1,3H3. The summed E-state index contributed by atoms with van der Waals surface area (Å²) in [5.41, 5.74) is 0.727. The van der Waals surface area contributed by atoms with Crippen molar-refractivity contribution in [2.24, 2.45) is 0 Å². The molecule has 0 saturated carbocycles. The van der Waals surface area contributed by atoms with E-state index in [4.69, 9.17) is 0 Å². The van der Waals surface area contributed by atoms with Crippen LogP contribution in [0.3, 0.4) is 0 Å². The molecule has 1 nitrogen and oxygen atoms in total. The molecule has 0 amide bonds. The van der Waals surface area contributed by atoms with Crippen molar-refractivity contribution in [1.29, 1.82) is 0 Å². The summed E-state index contributed by atoms with van der Waals surface area (Å²) >= 11 is 0. The first kappa shape index (κ1) is 12.9. The first-order chi connectivity index (χ1) is 7.34. The number of nitrogens with zero attached hydrogens (tertiary/aromatic N) is 1. The molecule has 0 aromatic heterocycles. The van der Waals surface area contributed by atoms with Gasteiger partial charge in [0.15, 0.2) is 0 Å². The van der Waals surface area contributed by atoms with Gasteiger partial charge in [0.05, 0.1) is 5.57 Å². The van der Waals surface area contributed by atoms with Gasteiger partial charge in [-0.2, -0.15) is 13.2 Å². The second kappa shape index (κ2) is 4.76. The molecule has 90 valence electrons. The zero-order chi connectivity index (χ0) is 12.3. The van der Waals surface area contributed by atoms with Crippen LogP contribution in [0, 0.1) is 0 Å². The van der Waals surface area contributed by atoms with E-state index in [9.17, 15) is 13.2 Å². The number of allylic oxidation sites excluding steroid dienone is 3. The first-order valence-corrected chi connectivity index (χ1v) is 5.19. The molecule has 0 aromatic carbocycles. The van der Waals surface area contributed by atoms with Crippen LogP contribution in [0.2, 0.25) is 0 Å². The Kier molecular flexibility index (Phi) is 3.83. The molecule has 0 spiro atoms. The van der Waals surface area contributed by atoms with Crippen LogP contribution in [0.5, 0.6) is 0 Å². The van der Waals surface area contributed by atoms with Gasteiger partial charge in [-0.15, -0.1) is 0 Å². The third-order valence-electron chi connectivity index (χ3n) is 2.59. The summed E-state index contributed by atoms with van der Waals surface area (Å²) in [7, 11) is 1.76. The molecular formula is C12H16F3N. The van der Waals surface area contributed by atoms with Gasteiger partial charge in [-0.1, -0.05) is 19.1 Å². The third kappa shape index (κ3) is 3.15. The summed E-state index contributed by atoms with van der Waals surface area (Å²) in [5, 5.41) is 0. The van der Waals surface area contributed by atoms with E-state index in [2.05, 4.69) is 6.58 Å². The minimum atomic E-state index is -4.26. The van der Waals surface area contributed by atoms with Crippen molar-refractivity contribution in [2.45, 2.75) is 25.9 Å². The second-order valence-corrected chi connectivity index (χ2v) is 4.03. The van der Waals surface area contributed by atoms with Crippen LogP contribution < -0.4 is 0 Å². The Balaban J connectivity index is 2.98. The normalized spacial score (nSPS) is 16.9. The van der Waals surface area contributed by atoms with Gasteiger partial charge < -0.3 is 4.90 Å². The highest BCUT2D eigenvalue weighted by Crippen LogP contribution is 2.34. The third-order valence-corrected chi connectivity index (χ3v) is 2.59. The Morgan fingerprint density at radius 1 is 1.50 bits per heavy atom. The lowest BCUT2D eigenvalue weighted by Crippen LogP contribution is -2.24. The first-order valence-electron chi connectivity index (χ1n) is 5.19. The smallest absolute Gasteiger partial charge is 0.376 e. The Bertz CT molecular complexity index is 337. The van der Waals surface area contributed by atoms with E-state index < -0.39 is 11.7 Å². The van der Waals surface area contributed by atoms with E-state index in [0.717, 1.165) is 11.6 Å². The average Bonchev–Trinajstić information content (AvgIpc) is 2.15. The van der Waals surface area contributed by atoms with E-state index in [1.807, 2.05) is 6.92 Å². The highest BCUT2D eigenvalue weighted by molar-refractivity contribution is 5.36. The van der Waals surface area contributed by atoms with Crippen molar-refractivity contribution < 1.29 is 13.2 Å². The minimum absolute atomic E-state index is 0.324. The van der Waals surface area contributed by atoms with Crippen LogP contribution in [0.1, 0.15) is 19.8 Å². The Labute approximate surface area is 93.9 Å². The molecule has 1 aliphatic heterocycles. The molecule has 0 radical (unpaired) electrons. The largest absolute Gasteiger partial charge is 0.416 e. The molecule has 0 saturated heterocycles. The van der Waals surface area contributed by atoms with E-state index in [-0.39, 0.29) is 0 Å². The van der Waals surface area contributed by atoms with Gasteiger partial charge >= 0.3 is 6.18 Å². The Hall–Kier alpha value is -1.19. The van der Waals surface area contributed by atoms with Crippen LogP contribution in [-0.2, 0) is 0 Å². The number of likely N-dealkylation sites (N-methyl/N-ethyl adjacent to an activating group) is 1. The average molecular weight is 231 g/mol. The zero-order valence-corrected chi connectivity index (χ0v) is 9.56. The maximum atomic E-state index is 12.7. The topological polar surface area (TPSA) is 3.24 Å². The summed E-state index contributed by atoms with van der Waals surface area (Å²) in [4.78, 5) is 1.74. The Morgan fingerprint density at radius 2 is 2.12 bits per heavy atom. The summed E-state index contributed by atoms with van der Waals surface area (Å²) in [6.07, 6.45) is -0.619. The quantitative estimate of drug-likeness (QED) is 0.670. The second-order valence-electron chi connectivity index (χ2n) is 4.03. The molecule has 0 unspecified atom stereocenters. The van der Waals surface area contributed by atoms with Gasteiger partial charge in [0.1, 0.15) is 0 Å². The highest BCUT2D eigenvalue weighted by atomic mass is 19.4. The van der Waals surface area contributed by atoms with Crippen molar-refractivity contribution in [1.82, 2.24) is 4.90 Å². The van der Waals surface area contributed by atoms with Crippen LogP contribution in [-0.4, -0.2) is 24.7 Å². The van der Waals surface area contributed by atoms with Crippen molar-refractivity contribution in [3.8, 4) is 0 Å². The van der Waals surface area contributed by atoms with Crippen LogP contribution >= 0.6 is 0 Å². The molecule has 1 rings (SSSR count). The summed E-state index contributed by atoms with van der Waals surface area (Å²) in [6.45, 7) is 5.99. The van der Waals surface area contributed by atoms with E-state index >= 15 is 0 Å². The fraction of sp³-hybridized carbons (Fsp3) is 0.500. The molecule has 4 heteroatoms. The number of hydrogen-bond acceptors (Lipinski definition) is 1. The van der Waals surface area contributed by atoms with Crippen molar-refractivity contribution >= 4 is 0 Å². The molecule has 1 heterocycles. The predicted octanol–water partition coefficient (Wildman–Crippen LogP) is 3.66. The van der Waals surface area contributed by atoms with Crippen molar-refractivity contribution in [2.75, 3.05) is 13.6 Å². The number of halogens is 3. The van der Waals surface area contributed by atoms with Gasteiger partial charge in [0.2, 0.25) is 0 Å². The molecule has 0 N–H and O–H groups in total. The maximum Gasteiger partial charge on any atom is 0.416 e. The van der Waals surface area contributed by atoms with Gasteiger partial charge in [-0.25, -0.2) is 0 Å². The highest BCUT2D eigenvalue weighted by Gasteiger charge is 2.35. The van der Waals surface area contributed by atoms with Gasteiger partial charge in [-0.3, -0.25) is 0 Å². The number of alkyl halides is 3. The summed E-state index contributed by atoms with van der Waals surface area (Å²) in [6, 6.07) is 0. The molecule has 0 aliphatic carbocycles. The van der Waals surface area contributed by atoms with E-state index in [0.29, 0.717) is 25.0 Å². The fourth-order valence-electron chi connectivity index (χ4n) is 1.63. The molecule has 0 fully saturated rings. The molecule has 0 atom stereocenters. The number of rotatable bonds is 3. The molecular weight excluding hydrogens is 215 g/mol. The maximum absolute atomic E-state index is 12.7. The van der Waals surface area contributed by atoms with Crippen molar-refractivity contribution in [3.05, 3.63) is 35.6 Å². The molecule has 1 aliphatic rings. The lowest BCUT2D eigenvalue weighted by molar-refractivity contribution is -0.0897. The van der Waals surface area contributed by atoms with Crippen LogP contribution in [0.4, 0.5) is 13.2 Å². The summed E-state index contributed by atoms with van der Waals surface area (Å²) < 4.78 is 38.1. The predicted molar refractivity (Wildman–Crippen MR) is 58.9 cm³/mol. The molecule has 0 bridgehead atoms. The van der Waals surface area contributed by atoms with Gasteiger partial charge in [-0.05, 0) is 30.7 Å². The van der Waals surface area contributed by atoms with E-state index in [1.54, 1.807) is 11.9 Å². The monoisotopic (exact) mass is 231 g/mol. The van der Waals surface area contributed by atoms with E-state index in [1.165, 1.54) is 6.20 Å². The van der Waals surface area contributed by atoms with Gasteiger partial charge in [0, 0.05) is 13.6 Å². The molecule has 0 aromatic rings. The lowest BCUT2D eigenvalue weighted by Gasteiger charge is -2.25. The summed E-state index contributed by atoms with van der Waals surface area (Å²) in [5.74, 6) is 0. The van der Waals surface area contributed by atoms with Crippen LogP contribution in [0.15, 0.2) is 35.6 Å². The SMILES string of the molecule is C=C(CC)CC1=C(C(F)(F)F)C=CN(C)C1. The van der Waals surface area contributed by atoms with Crippen molar-refractivity contribution in [3.63, 3.8) is 0 Å². The lowest BCUT2D eigenvalue weighted by atomic mass is 9.97.